The Morgan fingerprint density at radius 3 is 2.92 bits per heavy atom. The second-order valence-corrected chi connectivity index (χ2v) is 6.62. The van der Waals surface area contributed by atoms with Crippen LogP contribution in [-0.4, -0.2) is 48.7 Å². The van der Waals surface area contributed by atoms with Crippen LogP contribution in [-0.2, 0) is 16.1 Å². The maximum Gasteiger partial charge on any atom is 0.234 e. The summed E-state index contributed by atoms with van der Waals surface area (Å²) < 4.78 is 7.25. The van der Waals surface area contributed by atoms with Crippen LogP contribution in [0.3, 0.4) is 0 Å². The average molecular weight is 362 g/mol. The van der Waals surface area contributed by atoms with Crippen LogP contribution in [0.25, 0.3) is 0 Å². The van der Waals surface area contributed by atoms with Gasteiger partial charge in [-0.25, -0.2) is 0 Å². The third-order valence-corrected chi connectivity index (χ3v) is 4.88. The lowest BCUT2D eigenvalue weighted by atomic mass is 10.00. The number of aromatic nitrogens is 1. The van der Waals surface area contributed by atoms with E-state index in [1.807, 2.05) is 30.3 Å². The van der Waals surface area contributed by atoms with Crippen LogP contribution >= 0.6 is 11.6 Å². The summed E-state index contributed by atoms with van der Waals surface area (Å²) in [6.07, 6.45) is 2.90. The molecule has 1 aliphatic heterocycles. The van der Waals surface area contributed by atoms with Crippen molar-refractivity contribution in [3.8, 4) is 0 Å². The molecule has 6 heteroatoms. The molecular weight excluding hydrogens is 338 g/mol. The summed E-state index contributed by atoms with van der Waals surface area (Å²) in [5.74, 6) is 0.0353. The number of rotatable bonds is 7. The first-order valence-electron chi connectivity index (χ1n) is 8.60. The van der Waals surface area contributed by atoms with Crippen molar-refractivity contribution in [2.24, 2.45) is 0 Å². The van der Waals surface area contributed by atoms with Gasteiger partial charge in [0.05, 0.1) is 12.6 Å². The van der Waals surface area contributed by atoms with Gasteiger partial charge in [-0.2, -0.15) is 0 Å². The van der Waals surface area contributed by atoms with Gasteiger partial charge in [0, 0.05) is 50.3 Å². The fourth-order valence-corrected chi connectivity index (χ4v) is 3.58. The molecule has 2 aromatic rings. The van der Waals surface area contributed by atoms with Crippen LogP contribution in [0.5, 0.6) is 0 Å². The second-order valence-electron chi connectivity index (χ2n) is 6.22. The predicted octanol–water partition coefficient (Wildman–Crippen LogP) is 2.70. The van der Waals surface area contributed by atoms with E-state index in [4.69, 9.17) is 16.3 Å². The molecule has 1 amide bonds. The van der Waals surface area contributed by atoms with Crippen molar-refractivity contribution in [1.82, 2.24) is 14.8 Å². The third-order valence-electron chi connectivity index (χ3n) is 4.53. The monoisotopic (exact) mass is 361 g/mol. The first-order valence-corrected chi connectivity index (χ1v) is 8.97. The van der Waals surface area contributed by atoms with Crippen molar-refractivity contribution < 1.29 is 9.53 Å². The van der Waals surface area contributed by atoms with Crippen molar-refractivity contribution in [3.63, 3.8) is 0 Å². The zero-order valence-electron chi connectivity index (χ0n) is 14.5. The Hall–Kier alpha value is -1.82. The summed E-state index contributed by atoms with van der Waals surface area (Å²) in [6.45, 7) is 3.32. The van der Waals surface area contributed by atoms with E-state index in [-0.39, 0.29) is 11.9 Å². The molecule has 2 heterocycles. The molecule has 0 spiro atoms. The van der Waals surface area contributed by atoms with Gasteiger partial charge >= 0.3 is 0 Å². The maximum absolute atomic E-state index is 12.4. The molecule has 0 radical (unpaired) electrons. The number of halogens is 1. The normalized spacial score (nSPS) is 17.3. The molecule has 0 saturated heterocycles. The molecule has 134 valence electrons. The number of carbonyl (C=O) groups excluding carboxylic acids is 1. The van der Waals surface area contributed by atoms with Crippen LogP contribution in [0.15, 0.2) is 42.6 Å². The molecule has 1 aliphatic rings. The molecule has 1 unspecified atom stereocenters. The van der Waals surface area contributed by atoms with Crippen molar-refractivity contribution in [1.29, 1.82) is 0 Å². The zero-order valence-corrected chi connectivity index (χ0v) is 15.2. The molecule has 25 heavy (non-hydrogen) atoms. The first kappa shape index (κ1) is 18.0. The molecule has 5 nitrogen and oxygen atoms in total. The van der Waals surface area contributed by atoms with Gasteiger partial charge in [-0.3, -0.25) is 9.69 Å². The molecule has 3 rings (SSSR count). The number of methoxy groups -OCH3 is 1. The van der Waals surface area contributed by atoms with Crippen molar-refractivity contribution in [2.45, 2.75) is 19.0 Å². The van der Waals surface area contributed by atoms with E-state index in [1.165, 1.54) is 5.69 Å². The number of amides is 1. The minimum Gasteiger partial charge on any atom is -0.385 e. The standard InChI is InChI=1S/C19H24ClN3O2/c1-25-13-5-9-21-18(24)14-23-12-11-22-10-4-8-17(22)19(23)15-6-2-3-7-16(15)20/h2-4,6-8,10,19H,5,9,11-14H2,1H3,(H,21,24). The van der Waals surface area contributed by atoms with E-state index in [0.717, 1.165) is 30.1 Å². The molecule has 0 saturated carbocycles. The Bertz CT molecular complexity index is 716. The number of nitrogens with one attached hydrogen (secondary N) is 1. The lowest BCUT2D eigenvalue weighted by Gasteiger charge is -2.37. The van der Waals surface area contributed by atoms with Crippen LogP contribution in [0.2, 0.25) is 5.02 Å². The number of hydrogen-bond acceptors (Lipinski definition) is 3. The van der Waals surface area contributed by atoms with E-state index in [1.54, 1.807) is 7.11 Å². The molecule has 1 N–H and O–H groups in total. The van der Waals surface area contributed by atoms with E-state index >= 15 is 0 Å². The van der Waals surface area contributed by atoms with Gasteiger partial charge in [-0.05, 0) is 30.2 Å². The van der Waals surface area contributed by atoms with Crippen molar-refractivity contribution in [3.05, 3.63) is 58.9 Å². The van der Waals surface area contributed by atoms with E-state index in [9.17, 15) is 4.79 Å². The Morgan fingerprint density at radius 1 is 1.28 bits per heavy atom. The lowest BCUT2D eigenvalue weighted by Crippen LogP contribution is -2.44. The molecule has 0 fully saturated rings. The van der Waals surface area contributed by atoms with E-state index in [0.29, 0.717) is 19.7 Å². The predicted molar refractivity (Wildman–Crippen MR) is 98.8 cm³/mol. The Balaban J connectivity index is 1.76. The van der Waals surface area contributed by atoms with Gasteiger partial charge < -0.3 is 14.6 Å². The SMILES string of the molecule is COCCCNC(=O)CN1CCn2cccc2C1c1ccccc1Cl. The summed E-state index contributed by atoms with van der Waals surface area (Å²) in [5, 5.41) is 3.70. The number of fused-ring (bicyclic) bond motifs is 1. The quantitative estimate of drug-likeness (QED) is 0.771. The van der Waals surface area contributed by atoms with E-state index in [2.05, 4.69) is 27.0 Å². The van der Waals surface area contributed by atoms with Crippen LogP contribution < -0.4 is 5.32 Å². The van der Waals surface area contributed by atoms with Gasteiger partial charge in [-0.1, -0.05) is 29.8 Å². The Morgan fingerprint density at radius 2 is 2.12 bits per heavy atom. The summed E-state index contributed by atoms with van der Waals surface area (Å²) in [7, 11) is 1.67. The van der Waals surface area contributed by atoms with Crippen molar-refractivity contribution in [2.75, 3.05) is 33.4 Å². The highest BCUT2D eigenvalue weighted by molar-refractivity contribution is 6.31. The fraction of sp³-hybridized carbons (Fsp3) is 0.421. The second kappa shape index (κ2) is 8.52. The van der Waals surface area contributed by atoms with Crippen LogP contribution in [0.4, 0.5) is 0 Å². The van der Waals surface area contributed by atoms with Gasteiger partial charge in [-0.15, -0.1) is 0 Å². The minimum atomic E-state index is -0.0119. The Kier molecular flexibility index (Phi) is 6.13. The third kappa shape index (κ3) is 4.24. The first-order chi connectivity index (χ1) is 12.2. The van der Waals surface area contributed by atoms with Crippen LogP contribution in [0, 0.1) is 0 Å². The highest BCUT2D eigenvalue weighted by atomic mass is 35.5. The zero-order chi connectivity index (χ0) is 17.6. The smallest absolute Gasteiger partial charge is 0.234 e. The van der Waals surface area contributed by atoms with Gasteiger partial charge in [0.2, 0.25) is 5.91 Å². The van der Waals surface area contributed by atoms with Gasteiger partial charge in [0.15, 0.2) is 0 Å². The van der Waals surface area contributed by atoms with Crippen molar-refractivity contribution >= 4 is 17.5 Å². The highest BCUT2D eigenvalue weighted by Crippen LogP contribution is 2.35. The summed E-state index contributed by atoms with van der Waals surface area (Å²) in [5.41, 5.74) is 2.21. The molecule has 0 bridgehead atoms. The number of ether oxygens (including phenoxy) is 1. The van der Waals surface area contributed by atoms with Gasteiger partial charge in [0.1, 0.15) is 0 Å². The number of hydrogen-bond donors (Lipinski definition) is 1. The number of nitrogens with zero attached hydrogens (tertiary/aromatic N) is 2. The molecule has 1 aromatic carbocycles. The molecule has 1 atom stereocenters. The number of carbonyl (C=O) groups is 1. The summed E-state index contributed by atoms with van der Waals surface area (Å²) in [6, 6.07) is 12.0. The summed E-state index contributed by atoms with van der Waals surface area (Å²) in [4.78, 5) is 14.5. The topological polar surface area (TPSA) is 46.5 Å². The lowest BCUT2D eigenvalue weighted by molar-refractivity contribution is -0.122. The minimum absolute atomic E-state index is 0.0119. The summed E-state index contributed by atoms with van der Waals surface area (Å²) >= 11 is 6.46. The van der Waals surface area contributed by atoms with E-state index < -0.39 is 0 Å². The Labute approximate surface area is 153 Å². The molecule has 0 aliphatic carbocycles. The molecule has 1 aromatic heterocycles. The number of benzene rings is 1. The fourth-order valence-electron chi connectivity index (χ4n) is 3.34. The maximum atomic E-state index is 12.4. The largest absolute Gasteiger partial charge is 0.385 e. The van der Waals surface area contributed by atoms with Gasteiger partial charge in [0.25, 0.3) is 0 Å². The highest BCUT2D eigenvalue weighted by Gasteiger charge is 2.31. The average Bonchev–Trinajstić information content (AvgIpc) is 3.08. The molecular formula is C19H24ClN3O2. The van der Waals surface area contributed by atoms with Crippen LogP contribution in [0.1, 0.15) is 23.7 Å².